The molecule has 4 rings (SSSR count). The molecule has 1 unspecified atom stereocenters. The number of methoxy groups -OCH3 is 1. The summed E-state index contributed by atoms with van der Waals surface area (Å²) >= 11 is 5.97. The summed E-state index contributed by atoms with van der Waals surface area (Å²) in [5.41, 5.74) is 1.59. The lowest BCUT2D eigenvalue weighted by Crippen LogP contribution is -2.29. The van der Waals surface area contributed by atoms with E-state index in [2.05, 4.69) is 15.3 Å². The summed E-state index contributed by atoms with van der Waals surface area (Å²) in [6.45, 7) is 0.500. The topological polar surface area (TPSA) is 86.1 Å². The van der Waals surface area contributed by atoms with Crippen LogP contribution in [0.3, 0.4) is 0 Å². The Morgan fingerprint density at radius 2 is 2.04 bits per heavy atom. The van der Waals surface area contributed by atoms with Gasteiger partial charge in [0, 0.05) is 35.6 Å². The van der Waals surface area contributed by atoms with Crippen molar-refractivity contribution in [3.8, 4) is 17.0 Å². The zero-order valence-electron chi connectivity index (χ0n) is 15.1. The van der Waals surface area contributed by atoms with Crippen molar-refractivity contribution in [2.24, 2.45) is 0 Å². The number of rotatable bonds is 4. The van der Waals surface area contributed by atoms with E-state index in [1.807, 2.05) is 0 Å². The summed E-state index contributed by atoms with van der Waals surface area (Å²) in [6.07, 6.45) is 3.88. The van der Waals surface area contributed by atoms with Gasteiger partial charge >= 0.3 is 0 Å². The van der Waals surface area contributed by atoms with Crippen LogP contribution in [0.5, 0.6) is 5.75 Å². The molecule has 3 heterocycles. The number of nitrogens with zero attached hydrogens (tertiary/aromatic N) is 3. The van der Waals surface area contributed by atoms with Crippen LogP contribution >= 0.6 is 11.6 Å². The molecule has 0 spiro atoms. The van der Waals surface area contributed by atoms with E-state index in [-0.39, 0.29) is 17.5 Å². The number of hydrogen-bond acceptors (Lipinski definition) is 5. The first-order valence-corrected chi connectivity index (χ1v) is 9.11. The van der Waals surface area contributed by atoms with Crippen LogP contribution in [-0.4, -0.2) is 27.6 Å². The lowest BCUT2D eigenvalue weighted by Gasteiger charge is -2.15. The Balaban J connectivity index is 1.65. The monoisotopic (exact) mass is 396 g/mol. The molecule has 0 aliphatic carbocycles. The average Bonchev–Trinajstić information content (AvgIpc) is 3.11. The maximum absolute atomic E-state index is 12.8. The number of benzene rings is 1. The molecule has 0 saturated carbocycles. The Morgan fingerprint density at radius 1 is 1.25 bits per heavy atom. The van der Waals surface area contributed by atoms with Crippen molar-refractivity contribution in [2.45, 2.75) is 19.0 Å². The van der Waals surface area contributed by atoms with Gasteiger partial charge in [0.15, 0.2) is 0 Å². The van der Waals surface area contributed by atoms with E-state index >= 15 is 0 Å². The van der Waals surface area contributed by atoms with E-state index in [1.165, 1.54) is 13.2 Å². The Bertz CT molecular complexity index is 1100. The molecular weight excluding hydrogens is 380 g/mol. The summed E-state index contributed by atoms with van der Waals surface area (Å²) < 4.78 is 6.85. The second-order valence-corrected chi connectivity index (χ2v) is 6.82. The molecular formula is C20H17ClN4O3. The van der Waals surface area contributed by atoms with Crippen LogP contribution in [0.15, 0.2) is 53.6 Å². The molecule has 0 bridgehead atoms. The molecule has 1 atom stereocenters. The predicted molar refractivity (Wildman–Crippen MR) is 105 cm³/mol. The van der Waals surface area contributed by atoms with Gasteiger partial charge in [0.05, 0.1) is 24.4 Å². The SMILES string of the molecule is COc1cc(Cl)ccc1C(=O)NC1CCn2c1nc(-c1ccncc1)cc2=O. The predicted octanol–water partition coefficient (Wildman–Crippen LogP) is 2.84. The Kier molecular flexibility index (Phi) is 4.83. The summed E-state index contributed by atoms with van der Waals surface area (Å²) in [5, 5.41) is 3.44. The van der Waals surface area contributed by atoms with Crippen molar-refractivity contribution >= 4 is 17.5 Å². The Morgan fingerprint density at radius 3 is 2.79 bits per heavy atom. The van der Waals surface area contributed by atoms with Gasteiger partial charge < -0.3 is 10.1 Å². The molecule has 142 valence electrons. The highest BCUT2D eigenvalue weighted by atomic mass is 35.5. The summed E-state index contributed by atoms with van der Waals surface area (Å²) in [4.78, 5) is 33.9. The van der Waals surface area contributed by atoms with Crippen LogP contribution in [0.1, 0.15) is 28.6 Å². The normalized spacial score (nSPS) is 15.1. The number of ether oxygens (including phenoxy) is 1. The largest absolute Gasteiger partial charge is 0.496 e. The minimum Gasteiger partial charge on any atom is -0.496 e. The number of carbonyl (C=O) groups excluding carboxylic acids is 1. The van der Waals surface area contributed by atoms with Gasteiger partial charge in [0.25, 0.3) is 11.5 Å². The van der Waals surface area contributed by atoms with Crippen molar-refractivity contribution in [3.63, 3.8) is 0 Å². The first kappa shape index (κ1) is 18.2. The first-order valence-electron chi connectivity index (χ1n) is 8.73. The smallest absolute Gasteiger partial charge is 0.255 e. The van der Waals surface area contributed by atoms with Gasteiger partial charge in [-0.1, -0.05) is 11.6 Å². The van der Waals surface area contributed by atoms with Crippen LogP contribution in [0.25, 0.3) is 11.3 Å². The molecule has 1 amide bonds. The zero-order chi connectivity index (χ0) is 19.7. The van der Waals surface area contributed by atoms with Gasteiger partial charge in [0.2, 0.25) is 0 Å². The first-order chi connectivity index (χ1) is 13.6. The van der Waals surface area contributed by atoms with Crippen LogP contribution in [0.2, 0.25) is 5.02 Å². The van der Waals surface area contributed by atoms with Crippen molar-refractivity contribution in [2.75, 3.05) is 7.11 Å². The van der Waals surface area contributed by atoms with Gasteiger partial charge in [-0.15, -0.1) is 0 Å². The minimum atomic E-state index is -0.373. The van der Waals surface area contributed by atoms with Crippen LogP contribution in [-0.2, 0) is 6.54 Å². The van der Waals surface area contributed by atoms with Crippen molar-refractivity contribution in [1.29, 1.82) is 0 Å². The number of fused-ring (bicyclic) bond motifs is 1. The van der Waals surface area contributed by atoms with Gasteiger partial charge in [-0.2, -0.15) is 0 Å². The molecule has 28 heavy (non-hydrogen) atoms. The van der Waals surface area contributed by atoms with E-state index in [0.29, 0.717) is 40.8 Å². The Labute approximate surface area is 166 Å². The highest BCUT2D eigenvalue weighted by molar-refractivity contribution is 6.30. The molecule has 1 aromatic carbocycles. The van der Waals surface area contributed by atoms with E-state index in [9.17, 15) is 9.59 Å². The number of carbonyl (C=O) groups is 1. The van der Waals surface area contributed by atoms with Crippen LogP contribution in [0.4, 0.5) is 0 Å². The number of pyridine rings is 1. The Hall–Kier alpha value is -3.19. The number of halogens is 1. The fourth-order valence-electron chi connectivity index (χ4n) is 3.30. The lowest BCUT2D eigenvalue weighted by atomic mass is 10.1. The van der Waals surface area contributed by atoms with E-state index in [1.54, 1.807) is 47.3 Å². The second-order valence-electron chi connectivity index (χ2n) is 6.38. The third-order valence-electron chi connectivity index (χ3n) is 4.68. The third-order valence-corrected chi connectivity index (χ3v) is 4.92. The summed E-state index contributed by atoms with van der Waals surface area (Å²) in [6, 6.07) is 9.54. The van der Waals surface area contributed by atoms with Gasteiger partial charge in [-0.25, -0.2) is 4.98 Å². The number of amides is 1. The second kappa shape index (κ2) is 7.44. The molecule has 1 aliphatic rings. The maximum atomic E-state index is 12.8. The lowest BCUT2D eigenvalue weighted by molar-refractivity contribution is 0.0933. The van der Waals surface area contributed by atoms with Crippen LogP contribution in [0, 0.1) is 0 Å². The highest BCUT2D eigenvalue weighted by Gasteiger charge is 2.28. The standard InChI is InChI=1S/C20H17ClN4O3/c1-28-17-10-13(21)2-3-14(17)20(27)24-15-6-9-25-18(26)11-16(23-19(15)25)12-4-7-22-8-5-12/h2-5,7-8,10-11,15H,6,9H2,1H3,(H,24,27). The molecule has 8 heteroatoms. The fraction of sp³-hybridized carbons (Fsp3) is 0.200. The number of hydrogen-bond donors (Lipinski definition) is 1. The van der Waals surface area contributed by atoms with Gasteiger partial charge in [-0.05, 0) is 36.8 Å². The van der Waals surface area contributed by atoms with E-state index in [0.717, 1.165) is 5.56 Å². The van der Waals surface area contributed by atoms with Crippen molar-refractivity contribution in [3.05, 3.63) is 75.6 Å². The van der Waals surface area contributed by atoms with E-state index in [4.69, 9.17) is 16.3 Å². The van der Waals surface area contributed by atoms with Crippen molar-refractivity contribution < 1.29 is 9.53 Å². The van der Waals surface area contributed by atoms with E-state index < -0.39 is 0 Å². The maximum Gasteiger partial charge on any atom is 0.255 e. The zero-order valence-corrected chi connectivity index (χ0v) is 15.8. The van der Waals surface area contributed by atoms with Crippen molar-refractivity contribution in [1.82, 2.24) is 19.9 Å². The molecule has 3 aromatic rings. The molecule has 2 aromatic heterocycles. The molecule has 1 N–H and O–H groups in total. The molecule has 0 saturated heterocycles. The molecule has 1 aliphatic heterocycles. The minimum absolute atomic E-state index is 0.141. The van der Waals surface area contributed by atoms with Gasteiger partial charge in [0.1, 0.15) is 11.6 Å². The third kappa shape index (κ3) is 3.36. The average molecular weight is 397 g/mol. The number of nitrogens with one attached hydrogen (secondary N) is 1. The highest BCUT2D eigenvalue weighted by Crippen LogP contribution is 2.27. The fourth-order valence-corrected chi connectivity index (χ4v) is 3.46. The summed E-state index contributed by atoms with van der Waals surface area (Å²) in [7, 11) is 1.48. The quantitative estimate of drug-likeness (QED) is 0.732. The molecule has 0 radical (unpaired) electrons. The van der Waals surface area contributed by atoms with Crippen LogP contribution < -0.4 is 15.6 Å². The molecule has 0 fully saturated rings. The summed E-state index contributed by atoms with van der Waals surface area (Å²) in [5.74, 6) is 0.620. The van der Waals surface area contributed by atoms with Gasteiger partial charge in [-0.3, -0.25) is 19.1 Å². The number of aromatic nitrogens is 3. The molecule has 7 nitrogen and oxygen atoms in total.